The van der Waals surface area contributed by atoms with Crippen LogP contribution in [0.1, 0.15) is 43.7 Å². The molecule has 0 fully saturated rings. The number of aliphatic hydroxyl groups excluding tert-OH is 1. The third kappa shape index (κ3) is 8.59. The van der Waals surface area contributed by atoms with Crippen LogP contribution in [0.4, 0.5) is 0 Å². The molecule has 212 valence electrons. The summed E-state index contributed by atoms with van der Waals surface area (Å²) in [6.07, 6.45) is 10.3. The molecule has 2 aromatic rings. The van der Waals surface area contributed by atoms with E-state index < -0.39 is 17.7 Å². The first kappa shape index (κ1) is 30.2. The van der Waals surface area contributed by atoms with Crippen LogP contribution in [0.25, 0.3) is 6.08 Å². The summed E-state index contributed by atoms with van der Waals surface area (Å²) >= 11 is 0. The van der Waals surface area contributed by atoms with Gasteiger partial charge in [-0.15, -0.1) is 0 Å². The Hall–Kier alpha value is -4.34. The Morgan fingerprint density at radius 2 is 1.70 bits per heavy atom. The molecule has 3 rings (SSSR count). The second kappa shape index (κ2) is 14.2. The first-order valence-corrected chi connectivity index (χ1v) is 12.8. The zero-order valence-corrected chi connectivity index (χ0v) is 22.5. The predicted octanol–water partition coefficient (Wildman–Crippen LogP) is 4.77. The largest absolute Gasteiger partial charge is 0.508 e. The van der Waals surface area contributed by atoms with E-state index in [2.05, 4.69) is 0 Å². The third-order valence-corrected chi connectivity index (χ3v) is 6.23. The normalized spacial score (nSPS) is 17.7. The molecular weight excluding hydrogens is 516 g/mol. The monoisotopic (exact) mass is 550 g/mol. The molecule has 0 saturated heterocycles. The van der Waals surface area contributed by atoms with Crippen LogP contribution in [0.5, 0.6) is 17.2 Å². The van der Waals surface area contributed by atoms with E-state index >= 15 is 0 Å². The minimum absolute atomic E-state index is 0.127. The van der Waals surface area contributed by atoms with Gasteiger partial charge in [0.25, 0.3) is 5.79 Å². The summed E-state index contributed by atoms with van der Waals surface area (Å²) in [7, 11) is 1.36. The van der Waals surface area contributed by atoms with E-state index in [4.69, 9.17) is 14.2 Å². The summed E-state index contributed by atoms with van der Waals surface area (Å²) in [6, 6.07) is 10.3. The molecule has 0 aliphatic carbocycles. The highest BCUT2D eigenvalue weighted by Crippen LogP contribution is 2.39. The van der Waals surface area contributed by atoms with Crippen molar-refractivity contribution in [1.82, 2.24) is 0 Å². The topological polar surface area (TPSA) is 143 Å². The number of carbonyl (C=O) groups is 2. The second-order valence-corrected chi connectivity index (χ2v) is 9.35. The minimum atomic E-state index is -1.54. The standard InChI is InChI=1S/C31H34O9/c1-21(20-39-29(36)14-11-22-9-12-26(33)13-10-22)5-3-6-23(19-32)7-4-8-24-18-31(38-2,40-30(24)37)25-15-27(34)17-28(35)16-25/h5,7,9-18,32-35H,3-4,6,8,19-20H2,1-2H3/b14-11+,21-5+,23-7-/t31-/m0/s1. The van der Waals surface area contributed by atoms with E-state index in [9.17, 15) is 30.0 Å². The Kier molecular flexibility index (Phi) is 10.7. The van der Waals surface area contributed by atoms with Gasteiger partial charge in [0.1, 0.15) is 23.9 Å². The highest BCUT2D eigenvalue weighted by Gasteiger charge is 2.42. The lowest BCUT2D eigenvalue weighted by atomic mass is 10.0. The fourth-order valence-corrected chi connectivity index (χ4v) is 4.08. The van der Waals surface area contributed by atoms with Crippen molar-refractivity contribution >= 4 is 18.0 Å². The summed E-state index contributed by atoms with van der Waals surface area (Å²) in [6.45, 7) is 1.87. The number of aromatic hydroxyl groups is 3. The SMILES string of the molecule is CO[C@@]1(c2cc(O)cc(O)c2)C=C(CC/C=C(\CO)CC/C=C(\C)COC(=O)/C=C/c2ccc(O)cc2)C(=O)O1. The summed E-state index contributed by atoms with van der Waals surface area (Å²) in [5.74, 6) is -2.81. The van der Waals surface area contributed by atoms with Crippen molar-refractivity contribution in [1.29, 1.82) is 0 Å². The summed E-state index contributed by atoms with van der Waals surface area (Å²) in [5.41, 5.74) is 3.11. The van der Waals surface area contributed by atoms with Crippen molar-refractivity contribution in [3.05, 3.63) is 94.6 Å². The van der Waals surface area contributed by atoms with Gasteiger partial charge >= 0.3 is 11.9 Å². The lowest BCUT2D eigenvalue weighted by molar-refractivity contribution is -0.193. The van der Waals surface area contributed by atoms with Crippen LogP contribution in [0, 0.1) is 0 Å². The fourth-order valence-electron chi connectivity index (χ4n) is 4.08. The van der Waals surface area contributed by atoms with Gasteiger partial charge in [0.05, 0.1) is 6.61 Å². The van der Waals surface area contributed by atoms with E-state index in [1.807, 2.05) is 19.1 Å². The fraction of sp³-hybridized carbons (Fsp3) is 0.290. The van der Waals surface area contributed by atoms with Crippen LogP contribution in [0.2, 0.25) is 0 Å². The molecule has 0 radical (unpaired) electrons. The Bertz CT molecular complexity index is 1300. The molecule has 9 nitrogen and oxygen atoms in total. The van der Waals surface area contributed by atoms with Crippen molar-refractivity contribution in [2.45, 2.75) is 38.4 Å². The molecule has 1 aliphatic rings. The van der Waals surface area contributed by atoms with Crippen LogP contribution in [-0.2, 0) is 29.6 Å². The van der Waals surface area contributed by atoms with Crippen LogP contribution < -0.4 is 0 Å². The predicted molar refractivity (Wildman–Crippen MR) is 148 cm³/mol. The number of rotatable bonds is 13. The van der Waals surface area contributed by atoms with E-state index in [0.29, 0.717) is 31.3 Å². The minimum Gasteiger partial charge on any atom is -0.508 e. The molecule has 9 heteroatoms. The highest BCUT2D eigenvalue weighted by molar-refractivity contribution is 5.91. The molecule has 0 aromatic heterocycles. The number of hydrogen-bond acceptors (Lipinski definition) is 9. The molecule has 0 spiro atoms. The number of cyclic esters (lactones) is 1. The molecule has 0 saturated carbocycles. The summed E-state index contributed by atoms with van der Waals surface area (Å²) < 4.78 is 16.1. The van der Waals surface area contributed by atoms with Gasteiger partial charge in [0.2, 0.25) is 0 Å². The molecule has 0 amide bonds. The molecule has 40 heavy (non-hydrogen) atoms. The van der Waals surface area contributed by atoms with E-state index in [1.54, 1.807) is 18.2 Å². The van der Waals surface area contributed by atoms with Gasteiger partial charge in [-0.1, -0.05) is 24.3 Å². The number of benzene rings is 2. The molecule has 4 N–H and O–H groups in total. The summed E-state index contributed by atoms with van der Waals surface area (Å²) in [5, 5.41) is 38.7. The molecule has 0 bridgehead atoms. The molecule has 1 aliphatic heterocycles. The van der Waals surface area contributed by atoms with Crippen LogP contribution >= 0.6 is 0 Å². The lowest BCUT2D eigenvalue weighted by Crippen LogP contribution is -2.27. The number of hydrogen-bond donors (Lipinski definition) is 4. The van der Waals surface area contributed by atoms with Crippen molar-refractivity contribution in [2.75, 3.05) is 20.3 Å². The Labute approximate surface area is 232 Å². The number of allylic oxidation sites excluding steroid dienone is 2. The molecule has 0 unspecified atom stereocenters. The number of carbonyl (C=O) groups excluding carboxylic acids is 2. The maximum atomic E-state index is 12.5. The second-order valence-electron chi connectivity index (χ2n) is 9.35. The lowest BCUT2D eigenvalue weighted by Gasteiger charge is -2.25. The Balaban J connectivity index is 1.48. The summed E-state index contributed by atoms with van der Waals surface area (Å²) in [4.78, 5) is 24.4. The number of aliphatic hydroxyl groups is 1. The molecule has 2 aromatic carbocycles. The van der Waals surface area contributed by atoms with Crippen molar-refractivity contribution in [3.8, 4) is 17.2 Å². The zero-order chi connectivity index (χ0) is 29.1. The van der Waals surface area contributed by atoms with Crippen molar-refractivity contribution in [2.24, 2.45) is 0 Å². The quantitative estimate of drug-likeness (QED) is 0.158. The first-order chi connectivity index (χ1) is 19.1. The third-order valence-electron chi connectivity index (χ3n) is 6.23. The number of phenols is 3. The van der Waals surface area contributed by atoms with E-state index in [1.165, 1.54) is 43.5 Å². The maximum absolute atomic E-state index is 12.5. The van der Waals surface area contributed by atoms with Crippen LogP contribution in [0.15, 0.2) is 83.5 Å². The molecular formula is C31H34O9. The molecule has 1 atom stereocenters. The van der Waals surface area contributed by atoms with E-state index in [-0.39, 0.29) is 36.0 Å². The van der Waals surface area contributed by atoms with Crippen molar-refractivity contribution in [3.63, 3.8) is 0 Å². The number of methoxy groups -OCH3 is 1. The van der Waals surface area contributed by atoms with E-state index in [0.717, 1.165) is 22.8 Å². The number of ether oxygens (including phenoxy) is 3. The smallest absolute Gasteiger partial charge is 0.336 e. The average molecular weight is 551 g/mol. The van der Waals surface area contributed by atoms with Gasteiger partial charge in [0, 0.05) is 36.5 Å². The van der Waals surface area contributed by atoms with Gasteiger partial charge in [0.15, 0.2) is 0 Å². The number of esters is 2. The number of phenolic OH excluding ortho intramolecular Hbond substituents is 3. The Morgan fingerprint density at radius 1 is 1.00 bits per heavy atom. The van der Waals surface area contributed by atoms with Gasteiger partial charge < -0.3 is 34.6 Å². The first-order valence-electron chi connectivity index (χ1n) is 12.8. The van der Waals surface area contributed by atoms with Gasteiger partial charge in [-0.05, 0) is 79.7 Å². The highest BCUT2D eigenvalue weighted by atomic mass is 16.7. The zero-order valence-electron chi connectivity index (χ0n) is 22.5. The molecule has 1 heterocycles. The van der Waals surface area contributed by atoms with Crippen LogP contribution in [0.3, 0.4) is 0 Å². The maximum Gasteiger partial charge on any atom is 0.336 e. The van der Waals surface area contributed by atoms with Gasteiger partial charge in [-0.2, -0.15) is 0 Å². The van der Waals surface area contributed by atoms with Gasteiger partial charge in [-0.25, -0.2) is 9.59 Å². The van der Waals surface area contributed by atoms with Crippen molar-refractivity contribution < 1.29 is 44.2 Å². The Morgan fingerprint density at radius 3 is 2.35 bits per heavy atom. The van der Waals surface area contributed by atoms with Gasteiger partial charge in [-0.3, -0.25) is 0 Å². The average Bonchev–Trinajstić information content (AvgIpc) is 3.26. The van der Waals surface area contributed by atoms with Crippen LogP contribution in [-0.4, -0.2) is 52.7 Å².